The average Bonchev–Trinajstić information content (AvgIpc) is 2.74. The lowest BCUT2D eigenvalue weighted by Gasteiger charge is -2.25. The topological polar surface area (TPSA) is 79.9 Å². The molecular formula is C24H14N2O3. The first kappa shape index (κ1) is 16.1. The molecule has 2 aliphatic rings. The zero-order chi connectivity index (χ0) is 19.7. The van der Waals surface area contributed by atoms with E-state index in [9.17, 15) is 14.4 Å². The number of hydrogen-bond acceptors (Lipinski definition) is 4. The van der Waals surface area contributed by atoms with Crippen molar-refractivity contribution in [3.63, 3.8) is 0 Å². The van der Waals surface area contributed by atoms with Crippen LogP contribution in [0.2, 0.25) is 0 Å². The molecular weight excluding hydrogens is 364 g/mol. The van der Waals surface area contributed by atoms with E-state index in [1.54, 1.807) is 12.1 Å². The number of aromatic amines is 1. The highest BCUT2D eigenvalue weighted by Gasteiger charge is 2.32. The number of carbonyl (C=O) groups excluding carboxylic acids is 2. The Balaban J connectivity index is 1.63. The van der Waals surface area contributed by atoms with E-state index in [4.69, 9.17) is 0 Å². The molecule has 1 aromatic heterocycles. The molecule has 5 nitrogen and oxygen atoms in total. The summed E-state index contributed by atoms with van der Waals surface area (Å²) in [7, 11) is 0. The van der Waals surface area contributed by atoms with Gasteiger partial charge in [0.25, 0.3) is 5.56 Å². The monoisotopic (exact) mass is 378 g/mol. The lowest BCUT2D eigenvalue weighted by atomic mass is 9.77. The Morgan fingerprint density at radius 1 is 0.690 bits per heavy atom. The van der Waals surface area contributed by atoms with Crippen molar-refractivity contribution >= 4 is 22.3 Å². The molecule has 0 fully saturated rings. The largest absolute Gasteiger partial charge is 0.285 e. The smallest absolute Gasteiger partial charge is 0.272 e. The van der Waals surface area contributed by atoms with Crippen molar-refractivity contribution in [3.8, 4) is 11.1 Å². The van der Waals surface area contributed by atoms with Gasteiger partial charge in [-0.15, -0.1) is 0 Å². The molecule has 1 heterocycles. The van der Waals surface area contributed by atoms with E-state index in [2.05, 4.69) is 22.3 Å². The first-order chi connectivity index (χ1) is 14.1. The Morgan fingerprint density at radius 3 is 1.97 bits per heavy atom. The highest BCUT2D eigenvalue weighted by molar-refractivity contribution is 6.53. The standard InChI is InChI=1S/C24H14N2O3/c27-22-20-8-15-6-13-4-2-1-3-12(13)5-14(15)7-18(20)19-10-17-16(9-21(19)23(22)28)11-25-26-24(17)29/h1-4,7-11H,5-6H2,(H,26,29). The Kier molecular flexibility index (Phi) is 3.10. The maximum absolute atomic E-state index is 12.9. The molecule has 138 valence electrons. The van der Waals surface area contributed by atoms with Crippen LogP contribution >= 0.6 is 0 Å². The van der Waals surface area contributed by atoms with Gasteiger partial charge in [-0.05, 0) is 70.5 Å². The van der Waals surface area contributed by atoms with Crippen molar-refractivity contribution in [2.75, 3.05) is 0 Å². The minimum absolute atomic E-state index is 0.317. The number of nitrogens with one attached hydrogen (secondary N) is 1. The molecule has 0 unspecified atom stereocenters. The number of ketones is 2. The Morgan fingerprint density at radius 2 is 1.28 bits per heavy atom. The molecule has 3 aromatic carbocycles. The fourth-order valence-corrected chi connectivity index (χ4v) is 4.54. The van der Waals surface area contributed by atoms with Gasteiger partial charge in [-0.1, -0.05) is 24.3 Å². The fraction of sp³-hybridized carbons (Fsp3) is 0.0833. The van der Waals surface area contributed by atoms with Crippen LogP contribution in [0.15, 0.2) is 59.5 Å². The van der Waals surface area contributed by atoms with E-state index in [0.717, 1.165) is 29.5 Å². The van der Waals surface area contributed by atoms with Crippen LogP contribution in [0.1, 0.15) is 43.0 Å². The Bertz CT molecular complexity index is 1460. The van der Waals surface area contributed by atoms with Gasteiger partial charge >= 0.3 is 0 Å². The number of aromatic nitrogens is 2. The summed E-state index contributed by atoms with van der Waals surface area (Å²) in [6.07, 6.45) is 3.03. The summed E-state index contributed by atoms with van der Waals surface area (Å²) in [6, 6.07) is 15.5. The number of rotatable bonds is 0. The van der Waals surface area contributed by atoms with Gasteiger partial charge in [0.1, 0.15) is 0 Å². The second kappa shape index (κ2) is 5.58. The van der Waals surface area contributed by atoms with Crippen LogP contribution in [0.25, 0.3) is 21.9 Å². The van der Waals surface area contributed by atoms with Crippen molar-refractivity contribution in [2.45, 2.75) is 12.8 Å². The third kappa shape index (κ3) is 2.21. The van der Waals surface area contributed by atoms with Gasteiger partial charge in [0.2, 0.25) is 11.6 Å². The molecule has 2 aliphatic carbocycles. The third-order valence-electron chi connectivity index (χ3n) is 6.01. The number of hydrogen-bond donors (Lipinski definition) is 1. The summed E-state index contributed by atoms with van der Waals surface area (Å²) < 4.78 is 0. The van der Waals surface area contributed by atoms with Crippen LogP contribution in [0, 0.1) is 0 Å². The van der Waals surface area contributed by atoms with Crippen LogP contribution in [0.3, 0.4) is 0 Å². The first-order valence-electron chi connectivity index (χ1n) is 9.43. The van der Waals surface area contributed by atoms with Crippen LogP contribution in [0.4, 0.5) is 0 Å². The summed E-state index contributed by atoms with van der Waals surface area (Å²) in [5, 5.41) is 7.22. The van der Waals surface area contributed by atoms with E-state index in [1.165, 1.54) is 17.3 Å². The normalized spacial score (nSPS) is 14.2. The molecule has 0 saturated heterocycles. The molecule has 4 aromatic rings. The fourth-order valence-electron chi connectivity index (χ4n) is 4.54. The Hall–Kier alpha value is -3.86. The summed E-state index contributed by atoms with van der Waals surface area (Å²) in [4.78, 5) is 37.9. The number of nitrogens with zero attached hydrogens (tertiary/aromatic N) is 1. The quantitative estimate of drug-likeness (QED) is 0.419. The van der Waals surface area contributed by atoms with Crippen molar-refractivity contribution < 1.29 is 9.59 Å². The van der Waals surface area contributed by atoms with Crippen LogP contribution in [0.5, 0.6) is 0 Å². The average molecular weight is 378 g/mol. The molecule has 0 radical (unpaired) electrons. The molecule has 0 aliphatic heterocycles. The van der Waals surface area contributed by atoms with E-state index in [0.29, 0.717) is 27.5 Å². The minimum Gasteiger partial charge on any atom is -0.285 e. The predicted molar refractivity (Wildman–Crippen MR) is 109 cm³/mol. The minimum atomic E-state index is -0.536. The second-order valence-corrected chi connectivity index (χ2v) is 7.63. The first-order valence-corrected chi connectivity index (χ1v) is 9.43. The van der Waals surface area contributed by atoms with Gasteiger partial charge in [0, 0.05) is 16.5 Å². The lowest BCUT2D eigenvalue weighted by molar-refractivity contribution is 0.0815. The van der Waals surface area contributed by atoms with Crippen LogP contribution in [-0.2, 0) is 12.8 Å². The number of benzene rings is 3. The summed E-state index contributed by atoms with van der Waals surface area (Å²) in [5.41, 5.74) is 6.55. The zero-order valence-corrected chi connectivity index (χ0v) is 15.3. The predicted octanol–water partition coefficient (Wildman–Crippen LogP) is 3.46. The maximum Gasteiger partial charge on any atom is 0.272 e. The molecule has 0 spiro atoms. The maximum atomic E-state index is 12.9. The molecule has 0 amide bonds. The van der Waals surface area contributed by atoms with Gasteiger partial charge in [0.05, 0.1) is 11.6 Å². The number of Topliss-reactive ketones (excluding diaryl/α,β-unsaturated/α-hetero) is 2. The van der Waals surface area contributed by atoms with E-state index in [-0.39, 0.29) is 5.56 Å². The van der Waals surface area contributed by atoms with Crippen molar-refractivity contribution in [1.29, 1.82) is 0 Å². The highest BCUT2D eigenvalue weighted by Crippen LogP contribution is 2.39. The third-order valence-corrected chi connectivity index (χ3v) is 6.01. The second-order valence-electron chi connectivity index (χ2n) is 7.63. The number of fused-ring (bicyclic) bond motifs is 6. The molecule has 29 heavy (non-hydrogen) atoms. The zero-order valence-electron chi connectivity index (χ0n) is 15.3. The van der Waals surface area contributed by atoms with Gasteiger partial charge < -0.3 is 0 Å². The molecule has 6 rings (SSSR count). The van der Waals surface area contributed by atoms with Crippen molar-refractivity contribution in [3.05, 3.63) is 98.5 Å². The molecule has 5 heteroatoms. The van der Waals surface area contributed by atoms with E-state index >= 15 is 0 Å². The van der Waals surface area contributed by atoms with Crippen LogP contribution in [-0.4, -0.2) is 21.8 Å². The van der Waals surface area contributed by atoms with Gasteiger partial charge in [-0.2, -0.15) is 5.10 Å². The van der Waals surface area contributed by atoms with Gasteiger partial charge in [-0.3, -0.25) is 14.4 Å². The van der Waals surface area contributed by atoms with Crippen LogP contribution < -0.4 is 5.56 Å². The van der Waals surface area contributed by atoms with Crippen molar-refractivity contribution in [1.82, 2.24) is 10.2 Å². The summed E-state index contributed by atoms with van der Waals surface area (Å²) in [5.74, 6) is -1.03. The van der Waals surface area contributed by atoms with E-state index < -0.39 is 11.6 Å². The highest BCUT2D eigenvalue weighted by atomic mass is 16.2. The van der Waals surface area contributed by atoms with E-state index in [1.807, 2.05) is 24.3 Å². The summed E-state index contributed by atoms with van der Waals surface area (Å²) >= 11 is 0. The van der Waals surface area contributed by atoms with Gasteiger partial charge in [0.15, 0.2) is 0 Å². The molecule has 0 atom stereocenters. The van der Waals surface area contributed by atoms with Crippen molar-refractivity contribution in [2.24, 2.45) is 0 Å². The summed E-state index contributed by atoms with van der Waals surface area (Å²) in [6.45, 7) is 0. The lowest BCUT2D eigenvalue weighted by Crippen LogP contribution is -2.23. The SMILES string of the molecule is O=C1C(=O)c2cc3cn[nH]c(=O)c3cc2-c2cc3c(cc21)Cc1ccccc1C3. The molecule has 0 saturated carbocycles. The molecule has 0 bridgehead atoms. The molecule has 1 N–H and O–H groups in total. The Labute approximate surface area is 165 Å². The number of carbonyl (C=O) groups is 2. The number of H-pyrrole nitrogens is 1. The van der Waals surface area contributed by atoms with Gasteiger partial charge in [-0.25, -0.2) is 5.10 Å².